The fourth-order valence-electron chi connectivity index (χ4n) is 0.560. The predicted molar refractivity (Wildman–Crippen MR) is 37.5 cm³/mol. The van der Waals surface area contributed by atoms with Crippen molar-refractivity contribution in [2.75, 3.05) is 13.2 Å². The van der Waals surface area contributed by atoms with E-state index < -0.39 is 6.10 Å². The lowest BCUT2D eigenvalue weighted by Crippen LogP contribution is -2.26. The minimum Gasteiger partial charge on any atom is -0.371 e. The average molecular weight is 179 g/mol. The molecule has 0 spiro atoms. The van der Waals surface area contributed by atoms with Crippen LogP contribution in [0.3, 0.4) is 0 Å². The van der Waals surface area contributed by atoms with Crippen LogP contribution in [-0.4, -0.2) is 40.9 Å². The number of hydrogen-bond acceptors (Lipinski definition) is 6. The molecular formula is C6H13NO5. The van der Waals surface area contributed by atoms with Crippen LogP contribution < -0.4 is 0 Å². The Morgan fingerprint density at radius 3 is 2.58 bits per heavy atom. The number of hydrogen-bond donors (Lipinski definition) is 2. The minimum atomic E-state index is -0.514. The van der Waals surface area contributed by atoms with Gasteiger partial charge < -0.3 is 4.74 Å². The van der Waals surface area contributed by atoms with E-state index in [1.165, 1.54) is 6.92 Å². The standard InChI is InChI=1S/C6H13NO5/c1-5(8)3-11-4-6(2)12-7(9)10/h6,9-10H,3-4H2,1-2H3/t6-/m0/s1. The SMILES string of the molecule is CC(=O)COC[C@H](C)ON(O)O. The van der Waals surface area contributed by atoms with Crippen molar-refractivity contribution < 1.29 is 24.8 Å². The maximum atomic E-state index is 10.4. The van der Waals surface area contributed by atoms with Gasteiger partial charge in [-0.05, 0) is 13.8 Å². The van der Waals surface area contributed by atoms with Crippen molar-refractivity contribution in [3.63, 3.8) is 0 Å². The summed E-state index contributed by atoms with van der Waals surface area (Å²) in [5, 5.41) is 16.0. The number of carbonyl (C=O) groups excluding carboxylic acids is 1. The smallest absolute Gasteiger partial charge is 0.155 e. The van der Waals surface area contributed by atoms with Crippen molar-refractivity contribution in [1.82, 2.24) is 5.39 Å². The Morgan fingerprint density at radius 1 is 1.58 bits per heavy atom. The molecule has 0 amide bonds. The van der Waals surface area contributed by atoms with Gasteiger partial charge in [-0.25, -0.2) is 4.84 Å². The molecular weight excluding hydrogens is 166 g/mol. The molecule has 2 N–H and O–H groups in total. The molecule has 0 unspecified atom stereocenters. The Balaban J connectivity index is 3.31. The zero-order chi connectivity index (χ0) is 9.56. The molecule has 0 aliphatic carbocycles. The van der Waals surface area contributed by atoms with Gasteiger partial charge in [0.2, 0.25) is 0 Å². The van der Waals surface area contributed by atoms with Crippen molar-refractivity contribution in [3.05, 3.63) is 0 Å². The van der Waals surface area contributed by atoms with Gasteiger partial charge in [0.05, 0.1) is 12.0 Å². The van der Waals surface area contributed by atoms with Crippen LogP contribution in [0, 0.1) is 0 Å². The van der Waals surface area contributed by atoms with Crippen LogP contribution in [0.25, 0.3) is 0 Å². The molecule has 72 valence electrons. The Labute approximate surface area is 70.2 Å². The molecule has 0 radical (unpaired) electrons. The van der Waals surface area contributed by atoms with Crippen LogP contribution in [0.4, 0.5) is 0 Å². The lowest BCUT2D eigenvalue weighted by molar-refractivity contribution is -0.504. The predicted octanol–water partition coefficient (Wildman–Crippen LogP) is -0.00750. The molecule has 0 aromatic carbocycles. The summed E-state index contributed by atoms with van der Waals surface area (Å²) in [7, 11) is 0. The first-order chi connectivity index (χ1) is 5.52. The summed E-state index contributed by atoms with van der Waals surface area (Å²) in [6.07, 6.45) is -0.514. The summed E-state index contributed by atoms with van der Waals surface area (Å²) in [5.74, 6) is -0.0907. The first-order valence-corrected chi connectivity index (χ1v) is 3.44. The van der Waals surface area contributed by atoms with Crippen LogP contribution in [-0.2, 0) is 14.4 Å². The molecule has 6 nitrogen and oxygen atoms in total. The Kier molecular flexibility index (Phi) is 5.77. The molecule has 0 aromatic rings. The van der Waals surface area contributed by atoms with E-state index >= 15 is 0 Å². The van der Waals surface area contributed by atoms with Gasteiger partial charge in [0.25, 0.3) is 0 Å². The highest BCUT2D eigenvalue weighted by Gasteiger charge is 2.06. The third kappa shape index (κ3) is 7.58. The number of rotatable bonds is 6. The number of ketones is 1. The van der Waals surface area contributed by atoms with Crippen molar-refractivity contribution in [1.29, 1.82) is 0 Å². The van der Waals surface area contributed by atoms with E-state index in [1.54, 1.807) is 6.92 Å². The maximum absolute atomic E-state index is 10.4. The molecule has 0 aliphatic heterocycles. The molecule has 0 aliphatic rings. The Morgan fingerprint density at radius 2 is 2.17 bits per heavy atom. The van der Waals surface area contributed by atoms with Gasteiger partial charge in [0, 0.05) is 0 Å². The molecule has 0 saturated heterocycles. The number of ether oxygens (including phenoxy) is 1. The lowest BCUT2D eigenvalue weighted by Gasteiger charge is -2.13. The minimum absolute atomic E-state index is 0.00452. The second-order valence-corrected chi connectivity index (χ2v) is 2.39. The van der Waals surface area contributed by atoms with Gasteiger partial charge in [0.15, 0.2) is 5.78 Å². The highest BCUT2D eigenvalue weighted by molar-refractivity contribution is 5.76. The molecule has 12 heavy (non-hydrogen) atoms. The first-order valence-electron chi connectivity index (χ1n) is 3.44. The van der Waals surface area contributed by atoms with Crippen molar-refractivity contribution in [2.24, 2.45) is 0 Å². The molecule has 0 saturated carbocycles. The molecule has 0 bridgehead atoms. The third-order valence-electron chi connectivity index (χ3n) is 0.932. The Bertz CT molecular complexity index is 138. The van der Waals surface area contributed by atoms with Crippen LogP contribution in [0.15, 0.2) is 0 Å². The summed E-state index contributed by atoms with van der Waals surface area (Å²) in [6, 6.07) is 0. The zero-order valence-electron chi connectivity index (χ0n) is 7.06. The maximum Gasteiger partial charge on any atom is 0.155 e. The van der Waals surface area contributed by atoms with E-state index in [4.69, 9.17) is 15.2 Å². The van der Waals surface area contributed by atoms with E-state index in [-0.39, 0.29) is 24.4 Å². The van der Waals surface area contributed by atoms with Crippen LogP contribution in [0.5, 0.6) is 0 Å². The lowest BCUT2D eigenvalue weighted by atomic mass is 10.4. The monoisotopic (exact) mass is 179 g/mol. The Hall–Kier alpha value is -0.530. The molecule has 0 fully saturated rings. The molecule has 6 heteroatoms. The summed E-state index contributed by atoms with van der Waals surface area (Å²) >= 11 is 0. The van der Waals surface area contributed by atoms with E-state index in [9.17, 15) is 4.79 Å². The zero-order valence-corrected chi connectivity index (χ0v) is 7.06. The number of carbonyl (C=O) groups is 1. The first kappa shape index (κ1) is 11.5. The van der Waals surface area contributed by atoms with Gasteiger partial charge in [-0.3, -0.25) is 15.2 Å². The second kappa shape index (κ2) is 6.04. The largest absolute Gasteiger partial charge is 0.371 e. The van der Waals surface area contributed by atoms with Gasteiger partial charge >= 0.3 is 0 Å². The van der Waals surface area contributed by atoms with Crippen LogP contribution in [0.1, 0.15) is 13.8 Å². The average Bonchev–Trinajstić information content (AvgIpc) is 1.84. The van der Waals surface area contributed by atoms with Gasteiger partial charge in [-0.1, -0.05) is 0 Å². The number of Topliss-reactive ketones (excluding diaryl/α,β-unsaturated/α-hetero) is 1. The van der Waals surface area contributed by atoms with Crippen LogP contribution >= 0.6 is 0 Å². The summed E-state index contributed by atoms with van der Waals surface area (Å²) < 4.78 is 4.83. The third-order valence-corrected chi connectivity index (χ3v) is 0.932. The van der Waals surface area contributed by atoms with Crippen molar-refractivity contribution >= 4 is 5.78 Å². The quantitative estimate of drug-likeness (QED) is 0.558. The summed E-state index contributed by atoms with van der Waals surface area (Å²) in [4.78, 5) is 14.7. The molecule has 0 rings (SSSR count). The van der Waals surface area contributed by atoms with E-state index in [0.717, 1.165) is 0 Å². The van der Waals surface area contributed by atoms with Gasteiger partial charge in [-0.2, -0.15) is 0 Å². The normalized spacial score (nSPS) is 13.4. The molecule has 0 aromatic heterocycles. The van der Waals surface area contributed by atoms with E-state index in [2.05, 4.69) is 4.84 Å². The second-order valence-electron chi connectivity index (χ2n) is 2.39. The summed E-state index contributed by atoms with van der Waals surface area (Å²) in [5.41, 5.74) is 0. The highest BCUT2D eigenvalue weighted by Crippen LogP contribution is 1.92. The van der Waals surface area contributed by atoms with E-state index in [0.29, 0.717) is 0 Å². The highest BCUT2D eigenvalue weighted by atomic mass is 17.1. The summed E-state index contributed by atoms with van der Waals surface area (Å²) in [6.45, 7) is 3.09. The topological polar surface area (TPSA) is 79.2 Å². The fourth-order valence-corrected chi connectivity index (χ4v) is 0.560. The van der Waals surface area contributed by atoms with Crippen LogP contribution in [0.2, 0.25) is 0 Å². The van der Waals surface area contributed by atoms with E-state index in [1.807, 2.05) is 0 Å². The fraction of sp³-hybridized carbons (Fsp3) is 0.833. The van der Waals surface area contributed by atoms with Gasteiger partial charge in [0.1, 0.15) is 12.7 Å². The van der Waals surface area contributed by atoms with Crippen molar-refractivity contribution in [2.45, 2.75) is 20.0 Å². The molecule has 0 heterocycles. The molecule has 1 atom stereocenters. The van der Waals surface area contributed by atoms with Gasteiger partial charge in [-0.15, -0.1) is 0 Å². The number of nitrogens with zero attached hydrogens (tertiary/aromatic N) is 1. The van der Waals surface area contributed by atoms with Crippen molar-refractivity contribution in [3.8, 4) is 0 Å².